The van der Waals surface area contributed by atoms with E-state index >= 15 is 0 Å². The lowest BCUT2D eigenvalue weighted by Crippen LogP contribution is -1.84. The molecule has 1 aromatic rings. The first-order valence-electron chi connectivity index (χ1n) is 2.71. The third-order valence-corrected chi connectivity index (χ3v) is 1.09. The van der Waals surface area contributed by atoms with Gasteiger partial charge in [-0.1, -0.05) is 13.8 Å². The first kappa shape index (κ1) is 5.35. The van der Waals surface area contributed by atoms with Crippen molar-refractivity contribution in [2.75, 3.05) is 0 Å². The zero-order valence-electron chi connectivity index (χ0n) is 5.10. The summed E-state index contributed by atoms with van der Waals surface area (Å²) in [5, 5.41) is 0. The highest BCUT2D eigenvalue weighted by molar-refractivity contribution is 4.98. The van der Waals surface area contributed by atoms with Crippen LogP contribution in [0.4, 0.5) is 0 Å². The molecule has 2 heteroatoms. The fourth-order valence-corrected chi connectivity index (χ4v) is 0.524. The van der Waals surface area contributed by atoms with Crippen molar-refractivity contribution in [3.63, 3.8) is 0 Å². The number of hydrogen-bond acceptors (Lipinski definition) is 1. The molecule has 0 bridgehead atoms. The van der Waals surface area contributed by atoms with Crippen molar-refractivity contribution in [1.29, 1.82) is 0 Å². The maximum Gasteiger partial charge on any atom is 0.173 e. The van der Waals surface area contributed by atoms with E-state index in [4.69, 9.17) is 0 Å². The Balaban J connectivity index is 2.77. The molecule has 0 fully saturated rings. The molecule has 0 aliphatic rings. The van der Waals surface area contributed by atoms with E-state index in [0.717, 1.165) is 5.69 Å². The van der Waals surface area contributed by atoms with E-state index in [1.807, 2.05) is 0 Å². The molecule has 8 heavy (non-hydrogen) atoms. The Morgan fingerprint density at radius 2 is 2.50 bits per heavy atom. The lowest BCUT2D eigenvalue weighted by atomic mass is 10.2. The van der Waals surface area contributed by atoms with Crippen LogP contribution in [0.2, 0.25) is 0 Å². The molecule has 0 amide bonds. The quantitative estimate of drug-likeness (QED) is 0.579. The zero-order valence-corrected chi connectivity index (χ0v) is 5.10. The summed E-state index contributed by atoms with van der Waals surface area (Å²) < 4.78 is 0. The van der Waals surface area contributed by atoms with Crippen molar-refractivity contribution in [2.45, 2.75) is 19.8 Å². The van der Waals surface area contributed by atoms with Crippen molar-refractivity contribution in [2.24, 2.45) is 0 Å². The van der Waals surface area contributed by atoms with E-state index in [9.17, 15) is 0 Å². The Morgan fingerprint density at radius 3 is 2.75 bits per heavy atom. The van der Waals surface area contributed by atoms with Gasteiger partial charge in [0.1, 0.15) is 0 Å². The van der Waals surface area contributed by atoms with E-state index in [2.05, 4.69) is 30.1 Å². The maximum absolute atomic E-state index is 3.76. The van der Waals surface area contributed by atoms with Crippen LogP contribution in [-0.4, -0.2) is 9.97 Å². The van der Waals surface area contributed by atoms with Crippen molar-refractivity contribution in [3.05, 3.63) is 18.2 Å². The summed E-state index contributed by atoms with van der Waals surface area (Å²) in [4.78, 5) is 6.66. The molecular weight excluding hydrogens is 100 g/mol. The normalized spacial score (nSPS) is 10.4. The van der Waals surface area contributed by atoms with Gasteiger partial charge >= 0.3 is 0 Å². The van der Waals surface area contributed by atoms with Gasteiger partial charge in [0.25, 0.3) is 0 Å². The number of imidazole rings is 1. The van der Waals surface area contributed by atoms with Crippen LogP contribution in [0.1, 0.15) is 25.5 Å². The summed E-state index contributed by atoms with van der Waals surface area (Å²) >= 11 is 0. The summed E-state index contributed by atoms with van der Waals surface area (Å²) in [6.45, 7) is 4.22. The Bertz CT molecular complexity index is 142. The van der Waals surface area contributed by atoms with Gasteiger partial charge in [0.15, 0.2) is 6.33 Å². The first-order valence-corrected chi connectivity index (χ1v) is 2.71. The Morgan fingerprint density at radius 1 is 1.75 bits per heavy atom. The molecule has 1 radical (unpaired) electrons. The Labute approximate surface area is 49.0 Å². The number of aromatic nitrogens is 2. The third-order valence-electron chi connectivity index (χ3n) is 1.09. The maximum atomic E-state index is 3.76. The van der Waals surface area contributed by atoms with E-state index in [0.29, 0.717) is 5.92 Å². The molecule has 1 N–H and O–H groups in total. The molecule has 0 atom stereocenters. The summed E-state index contributed by atoms with van der Waals surface area (Å²) in [5.41, 5.74) is 1.14. The lowest BCUT2D eigenvalue weighted by Gasteiger charge is -1.95. The molecule has 0 spiro atoms. The van der Waals surface area contributed by atoms with E-state index in [-0.39, 0.29) is 0 Å². The van der Waals surface area contributed by atoms with Gasteiger partial charge in [0, 0.05) is 11.9 Å². The minimum atomic E-state index is 0.536. The van der Waals surface area contributed by atoms with Crippen molar-refractivity contribution < 1.29 is 0 Å². The molecule has 0 aliphatic carbocycles. The average molecular weight is 109 g/mol. The van der Waals surface area contributed by atoms with Gasteiger partial charge in [0.2, 0.25) is 0 Å². The van der Waals surface area contributed by atoms with Gasteiger partial charge in [-0.15, -0.1) is 0 Å². The first-order chi connectivity index (χ1) is 3.80. The summed E-state index contributed by atoms with van der Waals surface area (Å²) in [6.07, 6.45) is 4.43. The summed E-state index contributed by atoms with van der Waals surface area (Å²) in [7, 11) is 0. The largest absolute Gasteiger partial charge is 0.339 e. The van der Waals surface area contributed by atoms with Gasteiger partial charge in [-0.3, -0.25) is 0 Å². The molecule has 2 nitrogen and oxygen atoms in total. The van der Waals surface area contributed by atoms with Crippen LogP contribution in [-0.2, 0) is 0 Å². The molecule has 0 aromatic carbocycles. The van der Waals surface area contributed by atoms with Gasteiger partial charge in [0.05, 0.1) is 0 Å². The van der Waals surface area contributed by atoms with Crippen LogP contribution in [0.15, 0.2) is 6.20 Å². The molecule has 1 rings (SSSR count). The predicted octanol–water partition coefficient (Wildman–Crippen LogP) is 1.33. The highest BCUT2D eigenvalue weighted by atomic mass is 14.9. The van der Waals surface area contributed by atoms with Crippen LogP contribution in [0.5, 0.6) is 0 Å². The smallest absolute Gasteiger partial charge is 0.173 e. The minimum absolute atomic E-state index is 0.536. The second-order valence-corrected chi connectivity index (χ2v) is 2.11. The second kappa shape index (κ2) is 1.99. The summed E-state index contributed by atoms with van der Waals surface area (Å²) in [5.74, 6) is 0.536. The fraction of sp³-hybridized carbons (Fsp3) is 0.500. The molecule has 0 saturated heterocycles. The lowest BCUT2D eigenvalue weighted by molar-refractivity contribution is 0.832. The van der Waals surface area contributed by atoms with Crippen LogP contribution >= 0.6 is 0 Å². The van der Waals surface area contributed by atoms with Gasteiger partial charge < -0.3 is 4.98 Å². The average Bonchev–Trinajstić information content (AvgIpc) is 2.12. The highest BCUT2D eigenvalue weighted by Crippen LogP contribution is 2.07. The highest BCUT2D eigenvalue weighted by Gasteiger charge is 1.96. The number of H-pyrrole nitrogens is 1. The number of nitrogens with one attached hydrogen (secondary N) is 1. The SMILES string of the molecule is CC(C)c1cn[c][nH]1. The number of nitrogens with zero attached hydrogens (tertiary/aromatic N) is 1. The number of rotatable bonds is 1. The summed E-state index contributed by atoms with van der Waals surface area (Å²) in [6, 6.07) is 0. The second-order valence-electron chi connectivity index (χ2n) is 2.11. The molecule has 1 aromatic heterocycles. The number of hydrogen-bond donors (Lipinski definition) is 1. The topological polar surface area (TPSA) is 28.7 Å². The monoisotopic (exact) mass is 109 g/mol. The minimum Gasteiger partial charge on any atom is -0.339 e. The number of aromatic amines is 1. The van der Waals surface area contributed by atoms with Crippen molar-refractivity contribution >= 4 is 0 Å². The van der Waals surface area contributed by atoms with Crippen molar-refractivity contribution in [1.82, 2.24) is 9.97 Å². The molecule has 1 heterocycles. The van der Waals surface area contributed by atoms with E-state index in [1.165, 1.54) is 0 Å². The van der Waals surface area contributed by atoms with Crippen LogP contribution in [0.3, 0.4) is 0 Å². The van der Waals surface area contributed by atoms with Crippen LogP contribution in [0, 0.1) is 6.33 Å². The van der Waals surface area contributed by atoms with E-state index < -0.39 is 0 Å². The van der Waals surface area contributed by atoms with Gasteiger partial charge in [-0.05, 0) is 5.92 Å². The zero-order chi connectivity index (χ0) is 5.98. The van der Waals surface area contributed by atoms with Crippen LogP contribution in [0.25, 0.3) is 0 Å². The Kier molecular flexibility index (Phi) is 1.33. The Hall–Kier alpha value is -0.790. The third kappa shape index (κ3) is 0.886. The molecule has 0 aliphatic heterocycles. The molecule has 43 valence electrons. The fourth-order valence-electron chi connectivity index (χ4n) is 0.524. The van der Waals surface area contributed by atoms with Gasteiger partial charge in [-0.25, -0.2) is 4.98 Å². The predicted molar refractivity (Wildman–Crippen MR) is 31.5 cm³/mol. The standard InChI is InChI=1S/C6H9N2/c1-5(2)6-3-7-4-8-6/h3,5H,1-2H3,(H,7,8). The van der Waals surface area contributed by atoms with Crippen LogP contribution < -0.4 is 0 Å². The van der Waals surface area contributed by atoms with Crippen molar-refractivity contribution in [3.8, 4) is 0 Å². The molecular formula is C6H9N2. The van der Waals surface area contributed by atoms with Gasteiger partial charge in [-0.2, -0.15) is 0 Å². The molecule has 0 saturated carbocycles. The van der Waals surface area contributed by atoms with E-state index in [1.54, 1.807) is 6.20 Å². The molecule has 0 unspecified atom stereocenters.